The molecule has 0 atom stereocenters. The summed E-state index contributed by atoms with van der Waals surface area (Å²) < 4.78 is 2.62. The highest BCUT2D eigenvalue weighted by Crippen LogP contribution is 2.49. The van der Waals surface area contributed by atoms with Gasteiger partial charge in [-0.1, -0.05) is 17.7 Å². The van der Waals surface area contributed by atoms with Crippen molar-refractivity contribution in [3.05, 3.63) is 29.0 Å². The van der Waals surface area contributed by atoms with Crippen LogP contribution in [0.5, 0.6) is 0 Å². The van der Waals surface area contributed by atoms with Crippen molar-refractivity contribution in [1.82, 2.24) is 9.55 Å². The number of rotatable bonds is 4. The summed E-state index contributed by atoms with van der Waals surface area (Å²) in [6, 6.07) is 5.92. The van der Waals surface area contributed by atoms with Gasteiger partial charge in [0.2, 0.25) is 0 Å². The third-order valence-corrected chi connectivity index (χ3v) is 5.56. The second-order valence-electron chi connectivity index (χ2n) is 4.74. The Morgan fingerprint density at radius 3 is 2.83 bits per heavy atom. The molecule has 0 amide bonds. The van der Waals surface area contributed by atoms with Crippen LogP contribution >= 0.6 is 35.0 Å². The number of fused-ring (bicyclic) bond motifs is 1. The summed E-state index contributed by atoms with van der Waals surface area (Å²) in [5.74, 6) is 1.34. The number of hydrogen-bond acceptors (Lipinski definition) is 2. The second-order valence-corrected chi connectivity index (χ2v) is 6.69. The molecule has 3 rings (SSSR count). The van der Waals surface area contributed by atoms with Gasteiger partial charge in [0.05, 0.1) is 16.4 Å². The maximum atomic E-state index is 6.20. The van der Waals surface area contributed by atoms with Crippen molar-refractivity contribution in [1.29, 1.82) is 0 Å². The molecule has 18 heavy (non-hydrogen) atoms. The number of alkyl halides is 1. The zero-order valence-electron chi connectivity index (χ0n) is 10.1. The molecule has 0 unspecified atom stereocenters. The molecule has 0 aliphatic heterocycles. The van der Waals surface area contributed by atoms with Crippen molar-refractivity contribution >= 4 is 46.0 Å². The second kappa shape index (κ2) is 4.62. The van der Waals surface area contributed by atoms with E-state index in [4.69, 9.17) is 23.2 Å². The first-order chi connectivity index (χ1) is 8.69. The van der Waals surface area contributed by atoms with E-state index in [0.717, 1.165) is 23.4 Å². The molecule has 1 aliphatic rings. The number of benzene rings is 1. The molecule has 5 heteroatoms. The van der Waals surface area contributed by atoms with Crippen LogP contribution < -0.4 is 0 Å². The molecule has 0 saturated heterocycles. The number of nitrogens with zero attached hydrogens (tertiary/aromatic N) is 2. The van der Waals surface area contributed by atoms with Crippen LogP contribution in [0, 0.1) is 0 Å². The van der Waals surface area contributed by atoms with E-state index in [2.05, 4.69) is 21.9 Å². The summed E-state index contributed by atoms with van der Waals surface area (Å²) in [6.07, 6.45) is 4.73. The molecule has 96 valence electrons. The van der Waals surface area contributed by atoms with Gasteiger partial charge in [0, 0.05) is 11.3 Å². The minimum atomic E-state index is 0.386. The van der Waals surface area contributed by atoms with Gasteiger partial charge in [-0.2, -0.15) is 11.8 Å². The molecule has 0 radical (unpaired) electrons. The topological polar surface area (TPSA) is 17.8 Å². The number of para-hydroxylation sites is 1. The van der Waals surface area contributed by atoms with Crippen molar-refractivity contribution in [2.75, 3.05) is 6.26 Å². The van der Waals surface area contributed by atoms with Gasteiger partial charge in [-0.25, -0.2) is 4.98 Å². The average Bonchev–Trinajstić information content (AvgIpc) is 3.07. The molecule has 1 aromatic carbocycles. The summed E-state index contributed by atoms with van der Waals surface area (Å²) >= 11 is 14.2. The Hall–Kier alpha value is -0.380. The standard InChI is InChI=1S/C13H14Cl2N2S/c1-18-13(5-6-13)8-17-10-4-2-3-9(15)12(10)16-11(17)7-14/h2-4H,5-8H2,1H3. The molecule has 2 aromatic rings. The monoisotopic (exact) mass is 300 g/mol. The predicted octanol–water partition coefficient (Wildman–Crippen LogP) is 4.32. The van der Waals surface area contributed by atoms with E-state index in [9.17, 15) is 0 Å². The van der Waals surface area contributed by atoms with Crippen LogP contribution in [0.1, 0.15) is 18.7 Å². The maximum absolute atomic E-state index is 6.20. The lowest BCUT2D eigenvalue weighted by Crippen LogP contribution is -2.15. The molecule has 1 fully saturated rings. The molecule has 2 nitrogen and oxygen atoms in total. The van der Waals surface area contributed by atoms with Crippen molar-refractivity contribution in [3.8, 4) is 0 Å². The summed E-state index contributed by atoms with van der Waals surface area (Å²) in [5, 5.41) is 0.701. The van der Waals surface area contributed by atoms with E-state index in [1.807, 2.05) is 23.9 Å². The normalized spacial score (nSPS) is 17.3. The van der Waals surface area contributed by atoms with Gasteiger partial charge in [-0.3, -0.25) is 0 Å². The molecular formula is C13H14Cl2N2S. The van der Waals surface area contributed by atoms with Gasteiger partial charge in [0.25, 0.3) is 0 Å². The van der Waals surface area contributed by atoms with E-state index in [-0.39, 0.29) is 0 Å². The first-order valence-electron chi connectivity index (χ1n) is 5.94. The lowest BCUT2D eigenvalue weighted by Gasteiger charge is -2.15. The smallest absolute Gasteiger partial charge is 0.124 e. The van der Waals surface area contributed by atoms with Crippen LogP contribution in [0.4, 0.5) is 0 Å². The lowest BCUT2D eigenvalue weighted by atomic mass is 10.3. The van der Waals surface area contributed by atoms with Crippen LogP contribution in [0.3, 0.4) is 0 Å². The Bertz CT molecular complexity index is 590. The summed E-state index contributed by atoms with van der Waals surface area (Å²) in [5.41, 5.74) is 1.96. The fourth-order valence-electron chi connectivity index (χ4n) is 2.29. The Labute approximate surface area is 121 Å². The number of thioether (sulfide) groups is 1. The SMILES string of the molecule is CSC1(Cn2c(CCl)nc3c(Cl)cccc32)CC1. The molecule has 1 aromatic heterocycles. The minimum absolute atomic E-state index is 0.386. The highest BCUT2D eigenvalue weighted by Gasteiger charge is 2.42. The van der Waals surface area contributed by atoms with Crippen molar-refractivity contribution in [2.45, 2.75) is 30.0 Å². The van der Waals surface area contributed by atoms with Gasteiger partial charge in [0.15, 0.2) is 0 Å². The van der Waals surface area contributed by atoms with Crippen LogP contribution in [-0.4, -0.2) is 20.6 Å². The van der Waals surface area contributed by atoms with Crippen LogP contribution in [0.15, 0.2) is 18.2 Å². The van der Waals surface area contributed by atoms with E-state index in [1.54, 1.807) is 0 Å². The molecule has 0 bridgehead atoms. The Kier molecular flexibility index (Phi) is 3.25. The highest BCUT2D eigenvalue weighted by molar-refractivity contribution is 8.00. The summed E-state index contributed by atoms with van der Waals surface area (Å²) in [6.45, 7) is 0.979. The zero-order valence-corrected chi connectivity index (χ0v) is 12.4. The van der Waals surface area contributed by atoms with Crippen molar-refractivity contribution < 1.29 is 0 Å². The average molecular weight is 301 g/mol. The van der Waals surface area contributed by atoms with Gasteiger partial charge < -0.3 is 4.57 Å². The van der Waals surface area contributed by atoms with Gasteiger partial charge >= 0.3 is 0 Å². The van der Waals surface area contributed by atoms with Crippen molar-refractivity contribution in [3.63, 3.8) is 0 Å². The molecule has 1 heterocycles. The molecule has 1 saturated carbocycles. The molecule has 0 spiro atoms. The fraction of sp³-hybridized carbons (Fsp3) is 0.462. The number of hydrogen-bond donors (Lipinski definition) is 0. The first-order valence-corrected chi connectivity index (χ1v) is 8.07. The van der Waals surface area contributed by atoms with Crippen LogP contribution in [-0.2, 0) is 12.4 Å². The zero-order chi connectivity index (χ0) is 12.8. The highest BCUT2D eigenvalue weighted by atomic mass is 35.5. The third-order valence-electron chi connectivity index (χ3n) is 3.62. The predicted molar refractivity (Wildman–Crippen MR) is 79.8 cm³/mol. The van der Waals surface area contributed by atoms with E-state index < -0.39 is 0 Å². The van der Waals surface area contributed by atoms with Crippen LogP contribution in [0.2, 0.25) is 5.02 Å². The van der Waals surface area contributed by atoms with Gasteiger partial charge in [-0.15, -0.1) is 11.6 Å². The molecular weight excluding hydrogens is 287 g/mol. The quantitative estimate of drug-likeness (QED) is 0.783. The minimum Gasteiger partial charge on any atom is -0.326 e. The van der Waals surface area contributed by atoms with Gasteiger partial charge in [-0.05, 0) is 31.2 Å². The first kappa shape index (κ1) is 12.6. The molecule has 0 N–H and O–H groups in total. The van der Waals surface area contributed by atoms with Crippen LogP contribution in [0.25, 0.3) is 11.0 Å². The van der Waals surface area contributed by atoms with E-state index in [0.29, 0.717) is 15.6 Å². The molecule has 1 aliphatic carbocycles. The van der Waals surface area contributed by atoms with E-state index >= 15 is 0 Å². The number of halogens is 2. The lowest BCUT2D eigenvalue weighted by molar-refractivity contribution is 0.655. The number of imidazole rings is 1. The fourth-order valence-corrected chi connectivity index (χ4v) is 3.48. The maximum Gasteiger partial charge on any atom is 0.124 e. The van der Waals surface area contributed by atoms with E-state index in [1.165, 1.54) is 12.8 Å². The van der Waals surface area contributed by atoms with Crippen molar-refractivity contribution in [2.24, 2.45) is 0 Å². The number of aromatic nitrogens is 2. The van der Waals surface area contributed by atoms with Gasteiger partial charge in [0.1, 0.15) is 11.3 Å². The Morgan fingerprint density at radius 1 is 1.44 bits per heavy atom. The third kappa shape index (κ3) is 2.02. The Balaban J connectivity index is 2.11. The Morgan fingerprint density at radius 2 is 2.22 bits per heavy atom. The summed E-state index contributed by atoms with van der Waals surface area (Å²) in [4.78, 5) is 4.57. The largest absolute Gasteiger partial charge is 0.326 e. The summed E-state index contributed by atoms with van der Waals surface area (Å²) in [7, 11) is 0.